The van der Waals surface area contributed by atoms with E-state index in [1.807, 2.05) is 54.7 Å². The van der Waals surface area contributed by atoms with E-state index in [-0.39, 0.29) is 0 Å². The van der Waals surface area contributed by atoms with Gasteiger partial charge in [0.05, 0.1) is 16.7 Å². The standard InChI is InChI=1S/C25H15N3/c1-3-7-16(8-4-1)24-19-12-14-21-23-20(13-11-18(15-26-24)22(19)23)27-25(28-21)17-9-5-2-6-10-17/h1-15H. The third kappa shape index (κ3) is 2.20. The van der Waals surface area contributed by atoms with Crippen molar-refractivity contribution in [1.82, 2.24) is 15.0 Å². The molecule has 6 aromatic rings. The van der Waals surface area contributed by atoms with E-state index < -0.39 is 0 Å². The van der Waals surface area contributed by atoms with E-state index in [1.54, 1.807) is 0 Å². The van der Waals surface area contributed by atoms with Crippen LogP contribution in [0.25, 0.3) is 55.2 Å². The predicted octanol–water partition coefficient (Wildman–Crippen LogP) is 6.10. The molecule has 2 heterocycles. The third-order valence-corrected chi connectivity index (χ3v) is 5.27. The predicted molar refractivity (Wildman–Crippen MR) is 114 cm³/mol. The Morgan fingerprint density at radius 3 is 1.89 bits per heavy atom. The van der Waals surface area contributed by atoms with Crippen molar-refractivity contribution in [3.05, 3.63) is 91.1 Å². The third-order valence-electron chi connectivity index (χ3n) is 5.27. The normalized spacial score (nSPS) is 11.6. The molecule has 0 amide bonds. The fourth-order valence-corrected chi connectivity index (χ4v) is 3.98. The average Bonchev–Trinajstić information content (AvgIpc) is 2.78. The van der Waals surface area contributed by atoms with Crippen molar-refractivity contribution in [2.45, 2.75) is 0 Å². The second-order valence-corrected chi connectivity index (χ2v) is 6.94. The van der Waals surface area contributed by atoms with E-state index in [9.17, 15) is 0 Å². The van der Waals surface area contributed by atoms with Crippen LogP contribution in [0.5, 0.6) is 0 Å². The summed E-state index contributed by atoms with van der Waals surface area (Å²) < 4.78 is 0. The van der Waals surface area contributed by atoms with Gasteiger partial charge in [-0.25, -0.2) is 9.97 Å². The van der Waals surface area contributed by atoms with Gasteiger partial charge in [0, 0.05) is 38.9 Å². The molecule has 0 unspecified atom stereocenters. The highest BCUT2D eigenvalue weighted by Crippen LogP contribution is 2.37. The molecule has 28 heavy (non-hydrogen) atoms. The molecule has 0 fully saturated rings. The lowest BCUT2D eigenvalue weighted by molar-refractivity contribution is 1.26. The van der Waals surface area contributed by atoms with E-state index in [1.165, 1.54) is 5.39 Å². The van der Waals surface area contributed by atoms with Crippen molar-refractivity contribution in [1.29, 1.82) is 0 Å². The number of nitrogens with zero attached hydrogens (tertiary/aromatic N) is 3. The minimum Gasteiger partial charge on any atom is -0.255 e. The van der Waals surface area contributed by atoms with Crippen LogP contribution in [-0.2, 0) is 0 Å². The maximum absolute atomic E-state index is 4.87. The number of hydrogen-bond acceptors (Lipinski definition) is 3. The van der Waals surface area contributed by atoms with Crippen LogP contribution < -0.4 is 0 Å². The first-order chi connectivity index (χ1) is 13.9. The molecule has 0 aliphatic rings. The zero-order chi connectivity index (χ0) is 18.5. The van der Waals surface area contributed by atoms with Crippen LogP contribution in [0.1, 0.15) is 0 Å². The van der Waals surface area contributed by atoms with Crippen LogP contribution in [0, 0.1) is 0 Å². The first-order valence-corrected chi connectivity index (χ1v) is 9.31. The molecule has 0 bridgehead atoms. The lowest BCUT2D eigenvalue weighted by atomic mass is 9.96. The lowest BCUT2D eigenvalue weighted by Gasteiger charge is -2.13. The minimum absolute atomic E-state index is 0.757. The van der Waals surface area contributed by atoms with E-state index in [4.69, 9.17) is 15.0 Å². The van der Waals surface area contributed by atoms with Gasteiger partial charge in [0.2, 0.25) is 0 Å². The van der Waals surface area contributed by atoms with Crippen LogP contribution in [0.15, 0.2) is 91.1 Å². The lowest BCUT2D eigenvalue weighted by Crippen LogP contribution is -1.95. The van der Waals surface area contributed by atoms with Gasteiger partial charge in [-0.2, -0.15) is 0 Å². The summed E-state index contributed by atoms with van der Waals surface area (Å²) in [6.07, 6.45) is 1.95. The number of benzene rings is 4. The fourth-order valence-electron chi connectivity index (χ4n) is 3.98. The van der Waals surface area contributed by atoms with E-state index in [0.717, 1.165) is 49.8 Å². The van der Waals surface area contributed by atoms with Crippen molar-refractivity contribution in [3.8, 4) is 22.6 Å². The van der Waals surface area contributed by atoms with Crippen molar-refractivity contribution in [2.75, 3.05) is 0 Å². The molecule has 4 aromatic carbocycles. The maximum Gasteiger partial charge on any atom is 0.160 e. The summed E-state index contributed by atoms with van der Waals surface area (Å²) in [5, 5.41) is 4.54. The summed E-state index contributed by atoms with van der Waals surface area (Å²) in [6.45, 7) is 0. The van der Waals surface area contributed by atoms with Crippen molar-refractivity contribution in [3.63, 3.8) is 0 Å². The van der Waals surface area contributed by atoms with Gasteiger partial charge in [0.15, 0.2) is 5.82 Å². The number of hydrogen-bond donors (Lipinski definition) is 0. The summed E-state index contributed by atoms with van der Waals surface area (Å²) in [7, 11) is 0. The number of pyridine rings is 1. The molecule has 0 N–H and O–H groups in total. The summed E-state index contributed by atoms with van der Waals surface area (Å²) >= 11 is 0. The van der Waals surface area contributed by atoms with Gasteiger partial charge < -0.3 is 0 Å². The van der Waals surface area contributed by atoms with E-state index >= 15 is 0 Å². The second-order valence-electron chi connectivity index (χ2n) is 6.94. The van der Waals surface area contributed by atoms with Gasteiger partial charge in [-0.1, -0.05) is 66.7 Å². The molecule has 3 heteroatoms. The van der Waals surface area contributed by atoms with Crippen molar-refractivity contribution >= 4 is 32.6 Å². The zero-order valence-electron chi connectivity index (χ0n) is 15.0. The topological polar surface area (TPSA) is 38.7 Å². The highest BCUT2D eigenvalue weighted by Gasteiger charge is 2.15. The highest BCUT2D eigenvalue weighted by atomic mass is 14.9. The molecule has 0 atom stereocenters. The number of aromatic nitrogens is 3. The maximum atomic E-state index is 4.87. The molecule has 0 saturated carbocycles. The molecule has 0 aliphatic carbocycles. The Morgan fingerprint density at radius 1 is 0.536 bits per heavy atom. The molecule has 130 valence electrons. The first kappa shape index (κ1) is 15.2. The van der Waals surface area contributed by atoms with Gasteiger partial charge in [0.1, 0.15) is 0 Å². The molecule has 0 aliphatic heterocycles. The molecular formula is C25H15N3. The monoisotopic (exact) mass is 357 g/mol. The van der Waals surface area contributed by atoms with Gasteiger partial charge in [0.25, 0.3) is 0 Å². The number of rotatable bonds is 2. The molecule has 0 spiro atoms. The van der Waals surface area contributed by atoms with Gasteiger partial charge >= 0.3 is 0 Å². The Morgan fingerprint density at radius 2 is 1.18 bits per heavy atom. The Hall–Kier alpha value is -3.85. The average molecular weight is 357 g/mol. The van der Waals surface area contributed by atoms with Gasteiger partial charge in [-0.15, -0.1) is 0 Å². The SMILES string of the molecule is c1ccc(-c2nc3ccc4cnc(-c5ccccc5)c5ccc(n2)c3c45)cc1. The van der Waals surface area contributed by atoms with Crippen LogP contribution in [0.2, 0.25) is 0 Å². The quantitative estimate of drug-likeness (QED) is 0.351. The molecule has 2 aromatic heterocycles. The highest BCUT2D eigenvalue weighted by molar-refractivity contribution is 6.23. The van der Waals surface area contributed by atoms with Crippen molar-refractivity contribution < 1.29 is 0 Å². The largest absolute Gasteiger partial charge is 0.255 e. The van der Waals surface area contributed by atoms with Crippen LogP contribution in [-0.4, -0.2) is 15.0 Å². The molecule has 6 rings (SSSR count). The van der Waals surface area contributed by atoms with Crippen LogP contribution in [0.4, 0.5) is 0 Å². The molecule has 3 nitrogen and oxygen atoms in total. The van der Waals surface area contributed by atoms with E-state index in [2.05, 4.69) is 36.4 Å². The first-order valence-electron chi connectivity index (χ1n) is 9.31. The Labute approximate surface area is 161 Å². The molecule has 0 saturated heterocycles. The smallest absolute Gasteiger partial charge is 0.160 e. The fraction of sp³-hybridized carbons (Fsp3) is 0. The van der Waals surface area contributed by atoms with Gasteiger partial charge in [-0.05, 0) is 18.2 Å². The summed E-state index contributed by atoms with van der Waals surface area (Å²) in [6, 6.07) is 28.9. The van der Waals surface area contributed by atoms with Crippen LogP contribution in [0.3, 0.4) is 0 Å². The Bertz CT molecular complexity index is 1420. The minimum atomic E-state index is 0.757. The zero-order valence-corrected chi connectivity index (χ0v) is 15.0. The van der Waals surface area contributed by atoms with Crippen molar-refractivity contribution in [2.24, 2.45) is 0 Å². The van der Waals surface area contributed by atoms with E-state index in [0.29, 0.717) is 0 Å². The summed E-state index contributed by atoms with van der Waals surface area (Å²) in [5.41, 5.74) is 5.07. The summed E-state index contributed by atoms with van der Waals surface area (Å²) in [4.78, 5) is 14.5. The summed E-state index contributed by atoms with van der Waals surface area (Å²) in [5.74, 6) is 0.757. The van der Waals surface area contributed by atoms with Crippen LogP contribution >= 0.6 is 0 Å². The molecule has 0 radical (unpaired) electrons. The second kappa shape index (κ2) is 5.83. The molecular weight excluding hydrogens is 342 g/mol. The Kier molecular flexibility index (Phi) is 3.17. The Balaban J connectivity index is 1.71. The van der Waals surface area contributed by atoms with Gasteiger partial charge in [-0.3, -0.25) is 4.98 Å².